The normalized spacial score (nSPS) is 25.9. The van der Waals surface area contributed by atoms with Gasteiger partial charge in [0.25, 0.3) is 0 Å². The number of allylic oxidation sites excluding steroid dienone is 3. The molecule has 0 bridgehead atoms. The van der Waals surface area contributed by atoms with E-state index in [1.165, 1.54) is 14.2 Å². The summed E-state index contributed by atoms with van der Waals surface area (Å²) in [6.07, 6.45) is 4.76. The molecule has 274 valence electrons. The summed E-state index contributed by atoms with van der Waals surface area (Å²) in [6.45, 7) is 13.3. The second kappa shape index (κ2) is 22.2. The SMILES string of the molecule is C=CCC(C=C(C)CC(C)CC(OC)C(O)C(CC(C)C(=O)OC)OC)C(O)CC(O)C(C)C(O)C(C)=CC1CCC(O)C(OC)C1. The summed E-state index contributed by atoms with van der Waals surface area (Å²) < 4.78 is 21.4. The average Bonchev–Trinajstić information content (AvgIpc) is 3.04. The average molecular weight is 671 g/mol. The van der Waals surface area contributed by atoms with Crippen molar-refractivity contribution in [1.29, 1.82) is 0 Å². The molecule has 0 heterocycles. The van der Waals surface area contributed by atoms with Crippen molar-refractivity contribution in [2.75, 3.05) is 28.4 Å². The molecule has 1 aliphatic rings. The van der Waals surface area contributed by atoms with Crippen LogP contribution >= 0.6 is 0 Å². The van der Waals surface area contributed by atoms with E-state index in [-0.39, 0.29) is 36.2 Å². The van der Waals surface area contributed by atoms with Crippen LogP contribution in [0, 0.1) is 29.6 Å². The van der Waals surface area contributed by atoms with Crippen LogP contribution in [0.1, 0.15) is 86.0 Å². The minimum absolute atomic E-state index is 0.102. The predicted octanol–water partition coefficient (Wildman–Crippen LogP) is 4.36. The van der Waals surface area contributed by atoms with E-state index in [0.29, 0.717) is 38.5 Å². The van der Waals surface area contributed by atoms with Gasteiger partial charge in [-0.25, -0.2) is 0 Å². The minimum Gasteiger partial charge on any atom is -0.469 e. The molecular formula is C37H66O10. The summed E-state index contributed by atoms with van der Waals surface area (Å²) in [4.78, 5) is 11.9. The first-order valence-corrected chi connectivity index (χ1v) is 17.2. The van der Waals surface area contributed by atoms with E-state index in [4.69, 9.17) is 18.9 Å². The van der Waals surface area contributed by atoms with Gasteiger partial charge in [0.2, 0.25) is 0 Å². The Labute approximate surface area is 283 Å². The van der Waals surface area contributed by atoms with Gasteiger partial charge in [-0.3, -0.25) is 4.79 Å². The third-order valence-corrected chi connectivity index (χ3v) is 9.95. The first kappa shape index (κ1) is 43.4. The molecule has 0 saturated heterocycles. The highest BCUT2D eigenvalue weighted by Crippen LogP contribution is 2.31. The van der Waals surface area contributed by atoms with Gasteiger partial charge >= 0.3 is 5.97 Å². The van der Waals surface area contributed by atoms with Crippen LogP contribution in [0.3, 0.4) is 0 Å². The molecule has 0 aromatic carbocycles. The van der Waals surface area contributed by atoms with E-state index in [2.05, 4.69) is 13.5 Å². The molecule has 10 heteroatoms. The van der Waals surface area contributed by atoms with Gasteiger partial charge in [-0.15, -0.1) is 6.58 Å². The Morgan fingerprint density at radius 1 is 0.915 bits per heavy atom. The number of hydrogen-bond acceptors (Lipinski definition) is 10. The van der Waals surface area contributed by atoms with E-state index in [0.717, 1.165) is 17.6 Å². The Balaban J connectivity index is 2.83. The van der Waals surface area contributed by atoms with E-state index in [1.54, 1.807) is 34.1 Å². The van der Waals surface area contributed by atoms with E-state index < -0.39 is 54.6 Å². The Hall–Kier alpha value is -1.63. The molecule has 13 unspecified atom stereocenters. The monoisotopic (exact) mass is 670 g/mol. The Morgan fingerprint density at radius 3 is 2.09 bits per heavy atom. The molecule has 13 atom stereocenters. The molecule has 47 heavy (non-hydrogen) atoms. The number of esters is 1. The van der Waals surface area contributed by atoms with Gasteiger partial charge < -0.3 is 44.5 Å². The van der Waals surface area contributed by atoms with Crippen molar-refractivity contribution in [3.8, 4) is 0 Å². The molecule has 0 aliphatic heterocycles. The summed E-state index contributed by atoms with van der Waals surface area (Å²) in [5.74, 6) is -1.24. The Morgan fingerprint density at radius 2 is 1.53 bits per heavy atom. The summed E-state index contributed by atoms with van der Waals surface area (Å²) in [5.41, 5.74) is 1.83. The fourth-order valence-electron chi connectivity index (χ4n) is 6.91. The highest BCUT2D eigenvalue weighted by Gasteiger charge is 2.33. The lowest BCUT2D eigenvalue weighted by atomic mass is 9.81. The predicted molar refractivity (Wildman–Crippen MR) is 184 cm³/mol. The molecule has 0 aromatic rings. The van der Waals surface area contributed by atoms with Crippen LogP contribution in [0.2, 0.25) is 0 Å². The maximum Gasteiger partial charge on any atom is 0.308 e. The molecule has 1 fully saturated rings. The summed E-state index contributed by atoms with van der Waals surface area (Å²) in [7, 11) is 5.99. The van der Waals surface area contributed by atoms with Gasteiger partial charge in [0.05, 0.1) is 55.8 Å². The number of ether oxygens (including phenoxy) is 4. The lowest BCUT2D eigenvalue weighted by Crippen LogP contribution is -2.42. The zero-order chi connectivity index (χ0) is 35.8. The number of aliphatic hydroxyl groups excluding tert-OH is 5. The molecule has 0 aromatic heterocycles. The van der Waals surface area contributed by atoms with Crippen molar-refractivity contribution in [3.63, 3.8) is 0 Å². The molecule has 10 nitrogen and oxygen atoms in total. The molecule has 0 radical (unpaired) electrons. The van der Waals surface area contributed by atoms with Gasteiger partial charge in [0.15, 0.2) is 0 Å². The van der Waals surface area contributed by atoms with Crippen LogP contribution in [0.5, 0.6) is 0 Å². The maximum atomic E-state index is 11.9. The highest BCUT2D eigenvalue weighted by atomic mass is 16.5. The van der Waals surface area contributed by atoms with Crippen LogP contribution in [-0.4, -0.2) is 109 Å². The Kier molecular flexibility index (Phi) is 20.5. The van der Waals surface area contributed by atoms with Gasteiger partial charge in [-0.1, -0.05) is 44.6 Å². The third kappa shape index (κ3) is 14.4. The van der Waals surface area contributed by atoms with Crippen molar-refractivity contribution >= 4 is 5.97 Å². The molecule has 1 aliphatic carbocycles. The van der Waals surface area contributed by atoms with Crippen LogP contribution in [0.15, 0.2) is 36.0 Å². The van der Waals surface area contributed by atoms with Crippen LogP contribution in [0.25, 0.3) is 0 Å². The van der Waals surface area contributed by atoms with Crippen molar-refractivity contribution in [2.24, 2.45) is 29.6 Å². The van der Waals surface area contributed by atoms with Gasteiger partial charge in [0.1, 0.15) is 6.10 Å². The summed E-state index contributed by atoms with van der Waals surface area (Å²) in [5, 5.41) is 54.4. The largest absolute Gasteiger partial charge is 0.469 e. The van der Waals surface area contributed by atoms with Gasteiger partial charge in [0, 0.05) is 39.6 Å². The van der Waals surface area contributed by atoms with Gasteiger partial charge in [-0.05, 0) is 76.2 Å². The standard InChI is InChI=1S/C37H66O10/c1-11-12-28(16-22(2)15-23(3)17-33(45-8)36(42)34(46-9)19-25(5)37(43)47-10)31(40)21-30(39)26(6)35(41)24(4)18-27-13-14-29(38)32(20-27)44-7/h11,16,18,23,25-36,38-42H,1,12-15,17,19-21H2,2-10H3. The van der Waals surface area contributed by atoms with Crippen molar-refractivity contribution < 1.29 is 49.3 Å². The van der Waals surface area contributed by atoms with Crippen LogP contribution in [-0.2, 0) is 23.7 Å². The third-order valence-electron chi connectivity index (χ3n) is 9.95. The van der Waals surface area contributed by atoms with E-state index in [9.17, 15) is 30.3 Å². The number of carbonyl (C=O) groups excluding carboxylic acids is 1. The smallest absolute Gasteiger partial charge is 0.308 e. The molecule has 5 N–H and O–H groups in total. The molecule has 1 saturated carbocycles. The summed E-state index contributed by atoms with van der Waals surface area (Å²) >= 11 is 0. The molecule has 0 amide bonds. The minimum atomic E-state index is -0.936. The maximum absolute atomic E-state index is 11.9. The molecule has 1 rings (SSSR count). The topological polar surface area (TPSA) is 155 Å². The fourth-order valence-corrected chi connectivity index (χ4v) is 6.91. The zero-order valence-corrected chi connectivity index (χ0v) is 30.4. The van der Waals surface area contributed by atoms with Crippen molar-refractivity contribution in [1.82, 2.24) is 0 Å². The lowest BCUT2D eigenvalue weighted by Gasteiger charge is -2.32. The first-order valence-electron chi connectivity index (χ1n) is 17.2. The Bertz CT molecular complexity index is 967. The van der Waals surface area contributed by atoms with Crippen LogP contribution < -0.4 is 0 Å². The second-order valence-corrected chi connectivity index (χ2v) is 13.9. The molecular weight excluding hydrogens is 604 g/mol. The number of aliphatic hydroxyl groups is 5. The zero-order valence-electron chi connectivity index (χ0n) is 30.4. The highest BCUT2D eigenvalue weighted by molar-refractivity contribution is 5.71. The second-order valence-electron chi connectivity index (χ2n) is 13.9. The first-order chi connectivity index (χ1) is 22.1. The quantitative estimate of drug-likeness (QED) is 0.0829. The lowest BCUT2D eigenvalue weighted by molar-refractivity contribution is -0.148. The van der Waals surface area contributed by atoms with E-state index in [1.807, 2.05) is 26.0 Å². The van der Waals surface area contributed by atoms with Crippen molar-refractivity contribution in [3.05, 3.63) is 36.0 Å². The van der Waals surface area contributed by atoms with Gasteiger partial charge in [-0.2, -0.15) is 0 Å². The fraction of sp³-hybridized carbons (Fsp3) is 0.811. The van der Waals surface area contributed by atoms with Crippen molar-refractivity contribution in [2.45, 2.75) is 135 Å². The molecule has 0 spiro atoms. The number of rotatable bonds is 22. The van der Waals surface area contributed by atoms with E-state index >= 15 is 0 Å². The number of methoxy groups -OCH3 is 4. The summed E-state index contributed by atoms with van der Waals surface area (Å²) in [6, 6.07) is 0. The van der Waals surface area contributed by atoms with Crippen LogP contribution in [0.4, 0.5) is 0 Å². The number of carbonyl (C=O) groups is 1. The number of hydrogen-bond donors (Lipinski definition) is 5.